The SMILES string of the molecule is FC(F)(F)Oc1ccc(-n2c3c/c(=N/C4CCOCC4)c(Nc4cccnc4)cc-3nc3ccccc32)cc1. The van der Waals surface area contributed by atoms with Crippen molar-refractivity contribution in [3.05, 3.63) is 90.5 Å². The third kappa shape index (κ3) is 5.56. The van der Waals surface area contributed by atoms with Crippen molar-refractivity contribution in [1.82, 2.24) is 14.5 Å². The molecule has 3 heterocycles. The first kappa shape index (κ1) is 24.9. The lowest BCUT2D eigenvalue weighted by Crippen LogP contribution is -2.23. The van der Waals surface area contributed by atoms with Gasteiger partial charge in [0.15, 0.2) is 0 Å². The zero-order valence-corrected chi connectivity index (χ0v) is 20.7. The van der Waals surface area contributed by atoms with E-state index >= 15 is 0 Å². The standard InChI is InChI=1S/C29H24F3N5O2/c30-29(31,32)39-22-9-7-21(8-10-22)37-27-6-2-1-5-23(27)36-26-16-24(35-20-4-3-13-33-18-20)25(17-28(26)37)34-19-11-14-38-15-12-19/h1-10,13,16-19,35H,11-12,14-15H2/b34-25-. The monoisotopic (exact) mass is 531 g/mol. The minimum atomic E-state index is -4.76. The number of fused-ring (bicyclic) bond motifs is 2. The molecule has 1 aromatic heterocycles. The Morgan fingerprint density at radius 2 is 1.77 bits per heavy atom. The van der Waals surface area contributed by atoms with Gasteiger partial charge in [0.1, 0.15) is 5.75 Å². The van der Waals surface area contributed by atoms with E-state index in [1.165, 1.54) is 12.1 Å². The molecule has 1 aliphatic carbocycles. The normalized spacial score (nSPS) is 15.1. The fourth-order valence-corrected chi connectivity index (χ4v) is 4.73. The van der Waals surface area contributed by atoms with Crippen LogP contribution >= 0.6 is 0 Å². The summed E-state index contributed by atoms with van der Waals surface area (Å²) in [5, 5.41) is 4.18. The van der Waals surface area contributed by atoms with E-state index < -0.39 is 6.36 Å². The molecule has 2 aromatic carbocycles. The summed E-state index contributed by atoms with van der Waals surface area (Å²) in [7, 11) is 0. The van der Waals surface area contributed by atoms with Gasteiger partial charge in [-0.2, -0.15) is 0 Å². The fraction of sp³-hybridized carbons (Fsp3) is 0.207. The largest absolute Gasteiger partial charge is 0.573 e. The molecule has 3 aromatic rings. The molecule has 1 fully saturated rings. The number of nitrogens with one attached hydrogen (secondary N) is 1. The second kappa shape index (κ2) is 10.4. The Bertz CT molecular complexity index is 1630. The van der Waals surface area contributed by atoms with Crippen LogP contribution in [0.15, 0.2) is 90.2 Å². The van der Waals surface area contributed by atoms with Crippen LogP contribution in [0.4, 0.5) is 24.5 Å². The van der Waals surface area contributed by atoms with Gasteiger partial charge >= 0.3 is 6.36 Å². The molecule has 3 aliphatic rings. The average molecular weight is 532 g/mol. The zero-order valence-electron chi connectivity index (χ0n) is 20.7. The maximum atomic E-state index is 12.7. The summed E-state index contributed by atoms with van der Waals surface area (Å²) in [5.41, 5.74) is 5.27. The number of nitrogens with zero attached hydrogens (tertiary/aromatic N) is 4. The summed E-state index contributed by atoms with van der Waals surface area (Å²) < 4.78 is 49.8. The van der Waals surface area contributed by atoms with Crippen molar-refractivity contribution in [3.8, 4) is 22.8 Å². The van der Waals surface area contributed by atoms with Crippen LogP contribution in [-0.4, -0.2) is 40.2 Å². The van der Waals surface area contributed by atoms with E-state index in [1.54, 1.807) is 24.5 Å². The van der Waals surface area contributed by atoms with Crippen LogP contribution in [-0.2, 0) is 4.74 Å². The lowest BCUT2D eigenvalue weighted by Gasteiger charge is -2.22. The van der Waals surface area contributed by atoms with Crippen LogP contribution in [0.5, 0.6) is 5.75 Å². The highest BCUT2D eigenvalue weighted by Crippen LogP contribution is 2.32. The number of hydrogen-bond donors (Lipinski definition) is 1. The van der Waals surface area contributed by atoms with Gasteiger partial charge in [-0.25, -0.2) is 4.98 Å². The van der Waals surface area contributed by atoms with E-state index in [1.807, 2.05) is 53.1 Å². The Morgan fingerprint density at radius 3 is 2.51 bits per heavy atom. The quantitative estimate of drug-likeness (QED) is 0.272. The van der Waals surface area contributed by atoms with Gasteiger partial charge in [0.25, 0.3) is 0 Å². The molecular weight excluding hydrogens is 507 g/mol. The molecule has 7 nitrogen and oxygen atoms in total. The molecule has 6 rings (SSSR count). The van der Waals surface area contributed by atoms with Crippen LogP contribution in [0.3, 0.4) is 0 Å². The first-order chi connectivity index (χ1) is 18.9. The molecule has 2 aliphatic heterocycles. The van der Waals surface area contributed by atoms with E-state index in [4.69, 9.17) is 14.7 Å². The van der Waals surface area contributed by atoms with Crippen molar-refractivity contribution in [2.75, 3.05) is 18.5 Å². The maximum Gasteiger partial charge on any atom is 0.573 e. The molecule has 198 valence electrons. The topological polar surface area (TPSA) is 73.6 Å². The lowest BCUT2D eigenvalue weighted by molar-refractivity contribution is -0.274. The average Bonchev–Trinajstić information content (AvgIpc) is 2.93. The van der Waals surface area contributed by atoms with Gasteiger partial charge in [0, 0.05) is 25.1 Å². The molecule has 0 spiro atoms. The summed E-state index contributed by atoms with van der Waals surface area (Å²) in [4.78, 5) is 14.2. The summed E-state index contributed by atoms with van der Waals surface area (Å²) in [5.74, 6) is -0.285. The van der Waals surface area contributed by atoms with E-state index in [-0.39, 0.29) is 11.8 Å². The Morgan fingerprint density at radius 1 is 0.974 bits per heavy atom. The second-order valence-electron chi connectivity index (χ2n) is 9.18. The van der Waals surface area contributed by atoms with Gasteiger partial charge in [-0.1, -0.05) is 12.1 Å². The van der Waals surface area contributed by atoms with Gasteiger partial charge in [-0.05, 0) is 73.5 Å². The van der Waals surface area contributed by atoms with Crippen LogP contribution in [0.25, 0.3) is 28.1 Å². The number of anilines is 2. The highest BCUT2D eigenvalue weighted by Gasteiger charge is 2.31. The van der Waals surface area contributed by atoms with Crippen molar-refractivity contribution in [1.29, 1.82) is 0 Å². The van der Waals surface area contributed by atoms with Gasteiger partial charge in [0.05, 0.1) is 51.4 Å². The van der Waals surface area contributed by atoms with Crippen LogP contribution in [0, 0.1) is 0 Å². The Hall–Kier alpha value is -4.44. The molecule has 1 N–H and O–H groups in total. The van der Waals surface area contributed by atoms with Crippen LogP contribution < -0.4 is 15.4 Å². The van der Waals surface area contributed by atoms with E-state index in [2.05, 4.69) is 15.0 Å². The molecule has 0 unspecified atom stereocenters. The molecule has 0 radical (unpaired) electrons. The molecule has 0 bridgehead atoms. The molecule has 0 saturated carbocycles. The first-order valence-electron chi connectivity index (χ1n) is 12.5. The minimum Gasteiger partial charge on any atom is -0.406 e. The number of rotatable bonds is 5. The number of ether oxygens (including phenoxy) is 2. The molecule has 10 heteroatoms. The van der Waals surface area contributed by atoms with Crippen molar-refractivity contribution >= 4 is 22.4 Å². The smallest absolute Gasteiger partial charge is 0.406 e. The zero-order chi connectivity index (χ0) is 26.8. The van der Waals surface area contributed by atoms with E-state index in [0.717, 1.165) is 46.3 Å². The fourth-order valence-electron chi connectivity index (χ4n) is 4.73. The number of para-hydroxylation sites is 2. The van der Waals surface area contributed by atoms with Gasteiger partial charge < -0.3 is 19.4 Å². The molecule has 1 saturated heterocycles. The third-order valence-corrected chi connectivity index (χ3v) is 6.48. The van der Waals surface area contributed by atoms with Crippen molar-refractivity contribution in [3.63, 3.8) is 0 Å². The second-order valence-corrected chi connectivity index (χ2v) is 9.18. The molecule has 0 atom stereocenters. The number of pyridine rings is 1. The number of hydrogen-bond acceptors (Lipinski definition) is 6. The van der Waals surface area contributed by atoms with Crippen molar-refractivity contribution < 1.29 is 22.6 Å². The Balaban J connectivity index is 1.56. The van der Waals surface area contributed by atoms with Gasteiger partial charge in [-0.3, -0.25) is 9.98 Å². The number of alkyl halides is 3. The van der Waals surface area contributed by atoms with Crippen molar-refractivity contribution in [2.24, 2.45) is 4.99 Å². The Kier molecular flexibility index (Phi) is 6.62. The molecular formula is C29H24F3N5O2. The third-order valence-electron chi connectivity index (χ3n) is 6.48. The molecule has 0 amide bonds. The number of halogens is 3. The van der Waals surface area contributed by atoms with Crippen LogP contribution in [0.2, 0.25) is 0 Å². The Labute approximate surface area is 221 Å². The first-order valence-corrected chi connectivity index (χ1v) is 12.5. The predicted molar refractivity (Wildman–Crippen MR) is 141 cm³/mol. The van der Waals surface area contributed by atoms with E-state index in [9.17, 15) is 13.2 Å². The van der Waals surface area contributed by atoms with Crippen LogP contribution in [0.1, 0.15) is 12.8 Å². The summed E-state index contributed by atoms with van der Waals surface area (Å²) in [6, 6.07) is 21.3. The number of benzene rings is 3. The summed E-state index contributed by atoms with van der Waals surface area (Å²) in [6.45, 7) is 1.32. The van der Waals surface area contributed by atoms with Crippen molar-refractivity contribution in [2.45, 2.75) is 25.2 Å². The minimum absolute atomic E-state index is 0.103. The van der Waals surface area contributed by atoms with Gasteiger partial charge in [0.2, 0.25) is 0 Å². The summed E-state index contributed by atoms with van der Waals surface area (Å²) >= 11 is 0. The highest BCUT2D eigenvalue weighted by molar-refractivity contribution is 5.84. The highest BCUT2D eigenvalue weighted by atomic mass is 19.4. The van der Waals surface area contributed by atoms with E-state index in [0.29, 0.717) is 24.6 Å². The predicted octanol–water partition coefficient (Wildman–Crippen LogP) is 6.25. The number of aromatic nitrogens is 3. The molecule has 39 heavy (non-hydrogen) atoms. The van der Waals surface area contributed by atoms with Gasteiger partial charge in [-0.15, -0.1) is 13.2 Å². The maximum absolute atomic E-state index is 12.7. The lowest BCUT2D eigenvalue weighted by atomic mass is 10.1. The summed E-state index contributed by atoms with van der Waals surface area (Å²) in [6.07, 6.45) is 0.326.